The molecular formula is C19H30Cl2N2O2. The molecular weight excluding hydrogens is 359 g/mol. The van der Waals surface area contributed by atoms with Crippen LogP contribution in [0.1, 0.15) is 31.2 Å². The fraction of sp³-hybridized carbons (Fsp3) is 0.632. The number of carboxylic acid groups (broad SMARTS) is 1. The topological polar surface area (TPSA) is 43.8 Å². The number of benzene rings is 1. The highest BCUT2D eigenvalue weighted by atomic mass is 35.5. The van der Waals surface area contributed by atoms with E-state index in [1.807, 2.05) is 0 Å². The Hall–Kier alpha value is -0.810. The molecule has 2 fully saturated rings. The van der Waals surface area contributed by atoms with Gasteiger partial charge in [-0.3, -0.25) is 9.69 Å². The first-order valence-corrected chi connectivity index (χ1v) is 8.95. The monoisotopic (exact) mass is 388 g/mol. The van der Waals surface area contributed by atoms with E-state index >= 15 is 0 Å². The number of likely N-dealkylation sites (tertiary alicyclic amines) is 2. The molecule has 6 heteroatoms. The third-order valence-corrected chi connectivity index (χ3v) is 5.44. The summed E-state index contributed by atoms with van der Waals surface area (Å²) in [6.45, 7) is 5.26. The van der Waals surface area contributed by atoms with Crippen LogP contribution in [0.5, 0.6) is 0 Å². The van der Waals surface area contributed by atoms with Gasteiger partial charge in [0.2, 0.25) is 0 Å². The summed E-state index contributed by atoms with van der Waals surface area (Å²) < 4.78 is 0. The van der Waals surface area contributed by atoms with Crippen molar-refractivity contribution in [3.63, 3.8) is 0 Å². The molecule has 0 radical (unpaired) electrons. The number of carbonyl (C=O) groups is 1. The summed E-state index contributed by atoms with van der Waals surface area (Å²) in [4.78, 5) is 16.2. The second kappa shape index (κ2) is 11.0. The Morgan fingerprint density at radius 3 is 2.36 bits per heavy atom. The molecule has 0 aromatic heterocycles. The maximum Gasteiger partial charge on any atom is 0.307 e. The van der Waals surface area contributed by atoms with Gasteiger partial charge in [0, 0.05) is 19.1 Å². The highest BCUT2D eigenvalue weighted by molar-refractivity contribution is 5.85. The number of piperidine rings is 2. The average Bonchev–Trinajstić information content (AvgIpc) is 2.61. The molecule has 4 nitrogen and oxygen atoms in total. The number of rotatable bonds is 5. The van der Waals surface area contributed by atoms with Gasteiger partial charge in [-0.15, -0.1) is 24.8 Å². The van der Waals surface area contributed by atoms with E-state index in [1.54, 1.807) is 0 Å². The van der Waals surface area contributed by atoms with Crippen LogP contribution in [0.15, 0.2) is 30.3 Å². The highest BCUT2D eigenvalue weighted by Crippen LogP contribution is 2.24. The van der Waals surface area contributed by atoms with Crippen molar-refractivity contribution in [3.8, 4) is 0 Å². The van der Waals surface area contributed by atoms with Gasteiger partial charge in [0.15, 0.2) is 0 Å². The van der Waals surface area contributed by atoms with Gasteiger partial charge in [-0.25, -0.2) is 0 Å². The molecule has 0 amide bonds. The Balaban J connectivity index is 0.00000156. The quantitative estimate of drug-likeness (QED) is 0.839. The summed E-state index contributed by atoms with van der Waals surface area (Å²) in [5.74, 6) is -0.769. The normalized spacial score (nSPS) is 22.6. The number of carboxylic acids is 1. The molecule has 25 heavy (non-hydrogen) atoms. The fourth-order valence-corrected chi connectivity index (χ4v) is 3.98. The molecule has 1 aromatic carbocycles. The Kier molecular flexibility index (Phi) is 9.80. The molecule has 2 aliphatic heterocycles. The average molecular weight is 389 g/mol. The van der Waals surface area contributed by atoms with Crippen LogP contribution in [-0.2, 0) is 11.2 Å². The number of hydrogen-bond acceptors (Lipinski definition) is 3. The minimum atomic E-state index is -0.616. The predicted molar refractivity (Wildman–Crippen MR) is 106 cm³/mol. The Morgan fingerprint density at radius 1 is 1.04 bits per heavy atom. The van der Waals surface area contributed by atoms with Gasteiger partial charge in [-0.2, -0.15) is 0 Å². The molecule has 142 valence electrons. The molecule has 2 aliphatic rings. The molecule has 0 saturated carbocycles. The minimum absolute atomic E-state index is 0. The Morgan fingerprint density at radius 2 is 1.72 bits per heavy atom. The third-order valence-electron chi connectivity index (χ3n) is 5.44. The number of hydrogen-bond donors (Lipinski definition) is 1. The zero-order valence-electron chi connectivity index (χ0n) is 14.7. The van der Waals surface area contributed by atoms with Crippen LogP contribution in [0.2, 0.25) is 0 Å². The van der Waals surface area contributed by atoms with Crippen LogP contribution in [0.4, 0.5) is 0 Å². The molecule has 0 aliphatic carbocycles. The van der Waals surface area contributed by atoms with Crippen LogP contribution >= 0.6 is 24.8 Å². The second-order valence-corrected chi connectivity index (χ2v) is 6.98. The summed E-state index contributed by atoms with van der Waals surface area (Å²) in [6.07, 6.45) is 5.37. The number of aliphatic carboxylic acids is 1. The van der Waals surface area contributed by atoms with E-state index in [0.29, 0.717) is 6.04 Å². The summed E-state index contributed by atoms with van der Waals surface area (Å²) in [6, 6.07) is 11.3. The van der Waals surface area contributed by atoms with Gasteiger partial charge in [0.05, 0.1) is 5.92 Å². The van der Waals surface area contributed by atoms with Crippen molar-refractivity contribution in [2.75, 3.05) is 32.7 Å². The van der Waals surface area contributed by atoms with Crippen LogP contribution in [0.3, 0.4) is 0 Å². The lowest BCUT2D eigenvalue weighted by Gasteiger charge is -2.41. The number of nitrogens with zero attached hydrogens (tertiary/aromatic N) is 2. The predicted octanol–water partition coefficient (Wildman–Crippen LogP) is 3.33. The van der Waals surface area contributed by atoms with Crippen molar-refractivity contribution < 1.29 is 9.90 Å². The standard InChI is InChI=1S/C19H28N2O2.2ClH/c22-19(23)17-7-4-11-21(15-17)18-9-13-20(14-10-18)12-8-16-5-2-1-3-6-16;;/h1-3,5-6,17-18H,4,7-15H2,(H,22,23);2*1H. The van der Waals surface area contributed by atoms with E-state index in [0.717, 1.165) is 52.0 Å². The van der Waals surface area contributed by atoms with Crippen molar-refractivity contribution in [2.24, 2.45) is 5.92 Å². The zero-order valence-corrected chi connectivity index (χ0v) is 16.3. The fourth-order valence-electron chi connectivity index (χ4n) is 3.98. The van der Waals surface area contributed by atoms with E-state index in [9.17, 15) is 9.90 Å². The van der Waals surface area contributed by atoms with Gasteiger partial charge in [0.25, 0.3) is 0 Å². The smallest absolute Gasteiger partial charge is 0.307 e. The maximum atomic E-state index is 11.2. The molecule has 1 aromatic rings. The van der Waals surface area contributed by atoms with Crippen molar-refractivity contribution in [2.45, 2.75) is 38.1 Å². The van der Waals surface area contributed by atoms with Crippen molar-refractivity contribution in [1.29, 1.82) is 0 Å². The molecule has 3 rings (SSSR count). The molecule has 0 spiro atoms. The van der Waals surface area contributed by atoms with Crippen molar-refractivity contribution >= 4 is 30.8 Å². The lowest BCUT2D eigenvalue weighted by atomic mass is 9.94. The van der Waals surface area contributed by atoms with Crippen LogP contribution < -0.4 is 0 Å². The highest BCUT2D eigenvalue weighted by Gasteiger charge is 2.31. The third kappa shape index (κ3) is 6.45. The first-order valence-electron chi connectivity index (χ1n) is 8.95. The lowest BCUT2D eigenvalue weighted by molar-refractivity contribution is -0.144. The van der Waals surface area contributed by atoms with E-state index in [4.69, 9.17) is 0 Å². The first-order chi connectivity index (χ1) is 11.2. The van der Waals surface area contributed by atoms with Gasteiger partial charge in [0.1, 0.15) is 0 Å². The van der Waals surface area contributed by atoms with E-state index in [2.05, 4.69) is 40.1 Å². The zero-order chi connectivity index (χ0) is 16.1. The molecule has 0 bridgehead atoms. The molecule has 2 saturated heterocycles. The summed E-state index contributed by atoms with van der Waals surface area (Å²) in [5.41, 5.74) is 1.41. The van der Waals surface area contributed by atoms with E-state index < -0.39 is 5.97 Å². The van der Waals surface area contributed by atoms with Crippen LogP contribution in [0, 0.1) is 5.92 Å². The Labute approximate surface area is 163 Å². The van der Waals surface area contributed by atoms with Crippen molar-refractivity contribution in [3.05, 3.63) is 35.9 Å². The molecule has 1 atom stereocenters. The Bertz CT molecular complexity index is 507. The molecule has 1 N–H and O–H groups in total. The van der Waals surface area contributed by atoms with Crippen LogP contribution in [-0.4, -0.2) is 59.6 Å². The summed E-state index contributed by atoms with van der Waals surface area (Å²) >= 11 is 0. The molecule has 2 heterocycles. The van der Waals surface area contributed by atoms with Gasteiger partial charge < -0.3 is 10.0 Å². The van der Waals surface area contributed by atoms with Crippen molar-refractivity contribution in [1.82, 2.24) is 9.80 Å². The summed E-state index contributed by atoms with van der Waals surface area (Å²) in [5, 5.41) is 9.24. The molecule has 1 unspecified atom stereocenters. The lowest BCUT2D eigenvalue weighted by Crippen LogP contribution is -2.49. The van der Waals surface area contributed by atoms with Gasteiger partial charge in [-0.05, 0) is 57.3 Å². The minimum Gasteiger partial charge on any atom is -0.481 e. The van der Waals surface area contributed by atoms with E-state index in [-0.39, 0.29) is 30.7 Å². The maximum absolute atomic E-state index is 11.2. The largest absolute Gasteiger partial charge is 0.481 e. The number of halogens is 2. The summed E-state index contributed by atoms with van der Waals surface area (Å²) in [7, 11) is 0. The van der Waals surface area contributed by atoms with Gasteiger partial charge in [-0.1, -0.05) is 30.3 Å². The van der Waals surface area contributed by atoms with Gasteiger partial charge >= 0.3 is 5.97 Å². The van der Waals surface area contributed by atoms with E-state index in [1.165, 1.54) is 18.4 Å². The second-order valence-electron chi connectivity index (χ2n) is 6.98. The van der Waals surface area contributed by atoms with Crippen LogP contribution in [0.25, 0.3) is 0 Å². The first kappa shape index (κ1) is 22.2. The SMILES string of the molecule is Cl.Cl.O=C(O)C1CCCN(C2CCN(CCc3ccccc3)CC2)C1.